The Balaban J connectivity index is 1.65. The van der Waals surface area contributed by atoms with Crippen molar-refractivity contribution in [1.82, 2.24) is 14.7 Å². The normalized spacial score (nSPS) is 14.5. The SMILES string of the molecule is CCN(Cc1ccccc1)C(=O)Cn1cc2c(n1)CCCCCC2. The Kier molecular flexibility index (Phi) is 5.68. The van der Waals surface area contributed by atoms with Gasteiger partial charge in [0.05, 0.1) is 5.69 Å². The Morgan fingerprint density at radius 2 is 1.88 bits per heavy atom. The molecule has 1 aromatic heterocycles. The van der Waals surface area contributed by atoms with E-state index in [9.17, 15) is 4.79 Å². The Morgan fingerprint density at radius 1 is 1.12 bits per heavy atom. The largest absolute Gasteiger partial charge is 0.337 e. The van der Waals surface area contributed by atoms with E-state index in [4.69, 9.17) is 0 Å². The van der Waals surface area contributed by atoms with E-state index in [1.165, 1.54) is 42.5 Å². The van der Waals surface area contributed by atoms with Crippen LogP contribution < -0.4 is 0 Å². The van der Waals surface area contributed by atoms with Crippen molar-refractivity contribution < 1.29 is 4.79 Å². The van der Waals surface area contributed by atoms with Crippen LogP contribution in [-0.2, 0) is 30.7 Å². The first-order valence-electron chi connectivity index (χ1n) is 9.13. The summed E-state index contributed by atoms with van der Waals surface area (Å²) in [7, 11) is 0. The van der Waals surface area contributed by atoms with Gasteiger partial charge in [-0.1, -0.05) is 43.2 Å². The topological polar surface area (TPSA) is 38.1 Å². The minimum Gasteiger partial charge on any atom is -0.337 e. The molecule has 0 radical (unpaired) electrons. The zero-order chi connectivity index (χ0) is 16.8. The van der Waals surface area contributed by atoms with Crippen molar-refractivity contribution in [1.29, 1.82) is 0 Å². The summed E-state index contributed by atoms with van der Waals surface area (Å²) in [5.74, 6) is 0.136. The molecule has 0 unspecified atom stereocenters. The van der Waals surface area contributed by atoms with Crippen LogP contribution in [0.1, 0.15) is 49.4 Å². The fourth-order valence-electron chi connectivity index (χ4n) is 3.38. The average Bonchev–Trinajstić information content (AvgIpc) is 2.94. The molecule has 1 heterocycles. The standard InChI is InChI=1S/C20H27N3O/c1-2-22(14-17-10-6-5-7-11-17)20(24)16-23-15-18-12-8-3-4-9-13-19(18)21-23/h5-7,10-11,15H,2-4,8-9,12-14,16H2,1H3. The van der Waals surface area contributed by atoms with Crippen LogP contribution in [0.4, 0.5) is 0 Å². The molecule has 0 spiro atoms. The lowest BCUT2D eigenvalue weighted by molar-refractivity contribution is -0.132. The Hall–Kier alpha value is -2.10. The first kappa shape index (κ1) is 16.7. The number of aryl methyl sites for hydroxylation is 2. The smallest absolute Gasteiger partial charge is 0.244 e. The lowest BCUT2D eigenvalue weighted by atomic mass is 9.99. The Morgan fingerprint density at radius 3 is 2.62 bits per heavy atom. The molecule has 1 amide bonds. The third-order valence-corrected chi connectivity index (χ3v) is 4.78. The maximum absolute atomic E-state index is 12.7. The minimum atomic E-state index is 0.136. The summed E-state index contributed by atoms with van der Waals surface area (Å²) in [5, 5.41) is 4.69. The van der Waals surface area contributed by atoms with Crippen LogP contribution in [0.2, 0.25) is 0 Å². The van der Waals surface area contributed by atoms with Crippen LogP contribution in [-0.4, -0.2) is 27.1 Å². The molecule has 0 aliphatic heterocycles. The number of hydrogen-bond donors (Lipinski definition) is 0. The highest BCUT2D eigenvalue weighted by Gasteiger charge is 2.16. The second kappa shape index (κ2) is 8.13. The molecule has 1 aromatic carbocycles. The molecule has 128 valence electrons. The van der Waals surface area contributed by atoms with Gasteiger partial charge in [-0.15, -0.1) is 0 Å². The molecule has 24 heavy (non-hydrogen) atoms. The number of carbonyl (C=O) groups excluding carboxylic acids is 1. The molecule has 3 rings (SSSR count). The first-order chi connectivity index (χ1) is 11.8. The van der Waals surface area contributed by atoms with Crippen molar-refractivity contribution in [2.24, 2.45) is 0 Å². The molecule has 0 saturated heterocycles. The van der Waals surface area contributed by atoms with Gasteiger partial charge in [0.15, 0.2) is 0 Å². The number of likely N-dealkylation sites (N-methyl/N-ethyl adjacent to an activating group) is 1. The summed E-state index contributed by atoms with van der Waals surface area (Å²) >= 11 is 0. The highest BCUT2D eigenvalue weighted by atomic mass is 16.2. The Bertz CT molecular complexity index is 637. The highest BCUT2D eigenvalue weighted by Crippen LogP contribution is 2.19. The number of aromatic nitrogens is 2. The second-order valence-electron chi connectivity index (χ2n) is 6.61. The Labute approximate surface area is 144 Å². The summed E-state index contributed by atoms with van der Waals surface area (Å²) in [5.41, 5.74) is 3.71. The van der Waals surface area contributed by atoms with Crippen LogP contribution in [0.5, 0.6) is 0 Å². The number of rotatable bonds is 5. The summed E-state index contributed by atoms with van der Waals surface area (Å²) in [4.78, 5) is 14.6. The van der Waals surface area contributed by atoms with Gasteiger partial charge in [0.2, 0.25) is 5.91 Å². The molecule has 0 atom stereocenters. The zero-order valence-electron chi connectivity index (χ0n) is 14.6. The summed E-state index contributed by atoms with van der Waals surface area (Å²) in [6.07, 6.45) is 9.31. The third-order valence-electron chi connectivity index (χ3n) is 4.78. The number of fused-ring (bicyclic) bond motifs is 1. The van der Waals surface area contributed by atoms with E-state index in [2.05, 4.69) is 23.4 Å². The van der Waals surface area contributed by atoms with Crippen LogP contribution in [0, 0.1) is 0 Å². The van der Waals surface area contributed by atoms with Crippen molar-refractivity contribution in [3.63, 3.8) is 0 Å². The molecule has 4 nitrogen and oxygen atoms in total. The number of amides is 1. The number of hydrogen-bond acceptors (Lipinski definition) is 2. The van der Waals surface area contributed by atoms with Crippen molar-refractivity contribution in [2.45, 2.75) is 58.5 Å². The lowest BCUT2D eigenvalue weighted by Crippen LogP contribution is -2.33. The first-order valence-corrected chi connectivity index (χ1v) is 9.13. The summed E-state index contributed by atoms with van der Waals surface area (Å²) in [6, 6.07) is 10.2. The average molecular weight is 325 g/mol. The van der Waals surface area contributed by atoms with Gasteiger partial charge in [0.25, 0.3) is 0 Å². The van der Waals surface area contributed by atoms with E-state index in [1.54, 1.807) is 0 Å². The van der Waals surface area contributed by atoms with E-state index >= 15 is 0 Å². The van der Waals surface area contributed by atoms with Crippen molar-refractivity contribution in [2.75, 3.05) is 6.54 Å². The summed E-state index contributed by atoms with van der Waals surface area (Å²) < 4.78 is 1.85. The molecule has 1 aliphatic rings. The van der Waals surface area contributed by atoms with Gasteiger partial charge in [0.1, 0.15) is 6.54 Å². The molecule has 0 N–H and O–H groups in total. The predicted molar refractivity (Wildman–Crippen MR) is 95.6 cm³/mol. The van der Waals surface area contributed by atoms with Gasteiger partial charge in [-0.05, 0) is 43.7 Å². The molecule has 0 bridgehead atoms. The monoisotopic (exact) mass is 325 g/mol. The van der Waals surface area contributed by atoms with Crippen LogP contribution in [0.3, 0.4) is 0 Å². The fraction of sp³-hybridized carbons (Fsp3) is 0.500. The second-order valence-corrected chi connectivity index (χ2v) is 6.61. The molecule has 0 saturated carbocycles. The van der Waals surface area contributed by atoms with Gasteiger partial charge in [0, 0.05) is 19.3 Å². The molecular weight excluding hydrogens is 298 g/mol. The summed E-state index contributed by atoms with van der Waals surface area (Å²) in [6.45, 7) is 3.75. The number of carbonyl (C=O) groups is 1. The molecule has 4 heteroatoms. The maximum Gasteiger partial charge on any atom is 0.244 e. The number of nitrogens with zero attached hydrogens (tertiary/aromatic N) is 3. The van der Waals surface area contributed by atoms with E-state index in [-0.39, 0.29) is 5.91 Å². The molecule has 2 aromatic rings. The van der Waals surface area contributed by atoms with Gasteiger partial charge in [-0.3, -0.25) is 9.48 Å². The van der Waals surface area contributed by atoms with Crippen LogP contribution >= 0.6 is 0 Å². The van der Waals surface area contributed by atoms with Gasteiger partial charge in [-0.2, -0.15) is 5.10 Å². The van der Waals surface area contributed by atoms with Crippen molar-refractivity contribution in [3.8, 4) is 0 Å². The van der Waals surface area contributed by atoms with E-state index in [1.807, 2.05) is 34.7 Å². The molecule has 0 fully saturated rings. The fourth-order valence-corrected chi connectivity index (χ4v) is 3.38. The van der Waals surface area contributed by atoms with Gasteiger partial charge in [-0.25, -0.2) is 0 Å². The van der Waals surface area contributed by atoms with E-state index < -0.39 is 0 Å². The molecular formula is C20H27N3O. The number of benzene rings is 1. The molecule has 1 aliphatic carbocycles. The lowest BCUT2D eigenvalue weighted by Gasteiger charge is -2.21. The van der Waals surface area contributed by atoms with Gasteiger partial charge >= 0.3 is 0 Å². The van der Waals surface area contributed by atoms with E-state index in [0.717, 1.165) is 12.8 Å². The maximum atomic E-state index is 12.7. The van der Waals surface area contributed by atoms with Crippen LogP contribution in [0.15, 0.2) is 36.5 Å². The van der Waals surface area contributed by atoms with Crippen LogP contribution in [0.25, 0.3) is 0 Å². The zero-order valence-corrected chi connectivity index (χ0v) is 14.6. The quantitative estimate of drug-likeness (QED) is 0.842. The van der Waals surface area contributed by atoms with E-state index in [0.29, 0.717) is 19.6 Å². The highest BCUT2D eigenvalue weighted by molar-refractivity contribution is 5.75. The van der Waals surface area contributed by atoms with Gasteiger partial charge < -0.3 is 4.90 Å². The minimum absolute atomic E-state index is 0.136. The van der Waals surface area contributed by atoms with Crippen molar-refractivity contribution >= 4 is 5.91 Å². The third kappa shape index (κ3) is 4.25. The van der Waals surface area contributed by atoms with Crippen molar-refractivity contribution in [3.05, 3.63) is 53.3 Å². The predicted octanol–water partition coefficient (Wildman–Crippen LogP) is 3.59.